The number of hydrogen-bond donors (Lipinski definition) is 1. The fourth-order valence-corrected chi connectivity index (χ4v) is 2.09. The SMILES string of the molecule is Cc1ccc(Oc2nc(Cl)nc3[nH]ncc23)c(Cl)c1. The second-order valence-electron chi connectivity index (χ2n) is 3.97. The van der Waals surface area contributed by atoms with Gasteiger partial charge in [0.15, 0.2) is 5.65 Å². The first-order valence-electron chi connectivity index (χ1n) is 5.44. The molecule has 0 bridgehead atoms. The van der Waals surface area contributed by atoms with E-state index in [1.54, 1.807) is 12.3 Å². The van der Waals surface area contributed by atoms with Crippen molar-refractivity contribution in [2.24, 2.45) is 0 Å². The number of nitrogens with one attached hydrogen (secondary N) is 1. The number of aryl methyl sites for hydroxylation is 1. The van der Waals surface area contributed by atoms with Crippen molar-refractivity contribution in [1.29, 1.82) is 0 Å². The van der Waals surface area contributed by atoms with Crippen LogP contribution in [0.5, 0.6) is 11.6 Å². The molecule has 0 spiro atoms. The zero-order chi connectivity index (χ0) is 13.4. The summed E-state index contributed by atoms with van der Waals surface area (Å²) in [4.78, 5) is 8.04. The molecule has 1 N–H and O–H groups in total. The Kier molecular flexibility index (Phi) is 3.00. The number of H-pyrrole nitrogens is 1. The first kappa shape index (κ1) is 12.2. The molecule has 2 aromatic heterocycles. The third-order valence-corrected chi connectivity index (χ3v) is 3.01. The molecule has 0 unspecified atom stereocenters. The monoisotopic (exact) mass is 294 g/mol. The summed E-state index contributed by atoms with van der Waals surface area (Å²) in [6.07, 6.45) is 1.57. The number of aromatic amines is 1. The van der Waals surface area contributed by atoms with Gasteiger partial charge in [0.05, 0.1) is 11.2 Å². The number of halogens is 2. The number of aromatic nitrogens is 4. The number of ether oxygens (including phenoxy) is 1. The molecule has 19 heavy (non-hydrogen) atoms. The van der Waals surface area contributed by atoms with Gasteiger partial charge in [-0.2, -0.15) is 15.1 Å². The summed E-state index contributed by atoms with van der Waals surface area (Å²) in [5, 5.41) is 7.82. The van der Waals surface area contributed by atoms with Crippen LogP contribution in [0.3, 0.4) is 0 Å². The van der Waals surface area contributed by atoms with Gasteiger partial charge in [-0.25, -0.2) is 0 Å². The van der Waals surface area contributed by atoms with Gasteiger partial charge in [0.1, 0.15) is 11.1 Å². The van der Waals surface area contributed by atoms with E-state index in [1.165, 1.54) is 0 Å². The average Bonchev–Trinajstić information content (AvgIpc) is 2.80. The van der Waals surface area contributed by atoms with E-state index >= 15 is 0 Å². The van der Waals surface area contributed by atoms with Gasteiger partial charge >= 0.3 is 0 Å². The highest BCUT2D eigenvalue weighted by molar-refractivity contribution is 6.32. The highest BCUT2D eigenvalue weighted by atomic mass is 35.5. The molecule has 3 aromatic rings. The van der Waals surface area contributed by atoms with Crippen LogP contribution in [0.25, 0.3) is 11.0 Å². The molecular formula is C12H8Cl2N4O. The van der Waals surface area contributed by atoms with Crippen molar-refractivity contribution in [2.75, 3.05) is 0 Å². The Morgan fingerprint density at radius 1 is 1.21 bits per heavy atom. The van der Waals surface area contributed by atoms with Gasteiger partial charge in [0, 0.05) is 0 Å². The molecule has 5 nitrogen and oxygen atoms in total. The molecule has 0 radical (unpaired) electrons. The summed E-state index contributed by atoms with van der Waals surface area (Å²) in [7, 11) is 0. The lowest BCUT2D eigenvalue weighted by Crippen LogP contribution is -1.92. The van der Waals surface area contributed by atoms with Crippen LogP contribution in [-0.4, -0.2) is 20.2 Å². The molecular weight excluding hydrogens is 287 g/mol. The van der Waals surface area contributed by atoms with E-state index in [4.69, 9.17) is 27.9 Å². The minimum Gasteiger partial charge on any atom is -0.437 e. The third-order valence-electron chi connectivity index (χ3n) is 2.54. The van der Waals surface area contributed by atoms with Gasteiger partial charge in [-0.05, 0) is 36.2 Å². The highest BCUT2D eigenvalue weighted by Gasteiger charge is 2.12. The minimum absolute atomic E-state index is 0.0787. The average molecular weight is 295 g/mol. The van der Waals surface area contributed by atoms with Crippen LogP contribution in [-0.2, 0) is 0 Å². The van der Waals surface area contributed by atoms with Crippen LogP contribution in [0.4, 0.5) is 0 Å². The van der Waals surface area contributed by atoms with E-state index in [-0.39, 0.29) is 5.28 Å². The van der Waals surface area contributed by atoms with Gasteiger partial charge in [-0.1, -0.05) is 17.7 Å². The summed E-state index contributed by atoms with van der Waals surface area (Å²) >= 11 is 11.9. The number of nitrogens with zero attached hydrogens (tertiary/aromatic N) is 3. The maximum absolute atomic E-state index is 6.12. The number of rotatable bonds is 2. The molecule has 0 saturated heterocycles. The largest absolute Gasteiger partial charge is 0.437 e. The summed E-state index contributed by atoms with van der Waals surface area (Å²) in [5.74, 6) is 0.819. The van der Waals surface area contributed by atoms with E-state index in [0.717, 1.165) is 5.56 Å². The molecule has 0 atom stereocenters. The van der Waals surface area contributed by atoms with E-state index in [2.05, 4.69) is 20.2 Å². The Labute approximate surface area is 118 Å². The molecule has 0 saturated carbocycles. The summed E-state index contributed by atoms with van der Waals surface area (Å²) in [5.41, 5.74) is 1.56. The number of benzene rings is 1. The fraction of sp³-hybridized carbons (Fsp3) is 0.0833. The van der Waals surface area contributed by atoms with E-state index in [9.17, 15) is 0 Å². The first-order chi connectivity index (χ1) is 9.13. The Balaban J connectivity index is 2.07. The number of fused-ring (bicyclic) bond motifs is 1. The van der Waals surface area contributed by atoms with Crippen LogP contribution in [0, 0.1) is 6.92 Å². The molecule has 7 heteroatoms. The fourth-order valence-electron chi connectivity index (χ4n) is 1.65. The van der Waals surface area contributed by atoms with Crippen molar-refractivity contribution in [3.05, 3.63) is 40.3 Å². The predicted molar refractivity (Wildman–Crippen MR) is 73.0 cm³/mol. The highest BCUT2D eigenvalue weighted by Crippen LogP contribution is 2.32. The van der Waals surface area contributed by atoms with E-state index in [0.29, 0.717) is 27.7 Å². The molecule has 0 amide bonds. The Bertz CT molecular complexity index is 757. The molecule has 0 fully saturated rings. The molecule has 3 rings (SSSR count). The van der Waals surface area contributed by atoms with Crippen LogP contribution in [0.1, 0.15) is 5.56 Å². The molecule has 2 heterocycles. The standard InChI is InChI=1S/C12H8Cl2N4O/c1-6-2-3-9(8(13)4-6)19-11-7-5-15-18-10(7)16-12(14)17-11/h2-5H,1H3,(H,15,16,17,18). The second kappa shape index (κ2) is 4.68. The lowest BCUT2D eigenvalue weighted by Gasteiger charge is -2.08. The van der Waals surface area contributed by atoms with Crippen molar-refractivity contribution >= 4 is 34.2 Å². The Morgan fingerprint density at radius 2 is 2.05 bits per heavy atom. The van der Waals surface area contributed by atoms with Crippen molar-refractivity contribution < 1.29 is 4.74 Å². The Morgan fingerprint density at radius 3 is 2.84 bits per heavy atom. The quantitative estimate of drug-likeness (QED) is 0.731. The smallest absolute Gasteiger partial charge is 0.234 e. The van der Waals surface area contributed by atoms with Gasteiger partial charge in [0.2, 0.25) is 11.2 Å². The molecule has 0 aliphatic rings. The zero-order valence-electron chi connectivity index (χ0n) is 9.82. The van der Waals surface area contributed by atoms with Gasteiger partial charge in [-0.3, -0.25) is 5.10 Å². The summed E-state index contributed by atoms with van der Waals surface area (Å²) in [6, 6.07) is 5.49. The van der Waals surface area contributed by atoms with Crippen molar-refractivity contribution in [3.8, 4) is 11.6 Å². The second-order valence-corrected chi connectivity index (χ2v) is 4.71. The lowest BCUT2D eigenvalue weighted by molar-refractivity contribution is 0.468. The maximum atomic E-state index is 6.12. The molecule has 0 aliphatic carbocycles. The molecule has 96 valence electrons. The van der Waals surface area contributed by atoms with Crippen LogP contribution < -0.4 is 4.74 Å². The summed E-state index contributed by atoms with van der Waals surface area (Å²) < 4.78 is 5.69. The van der Waals surface area contributed by atoms with E-state index < -0.39 is 0 Å². The van der Waals surface area contributed by atoms with Crippen LogP contribution in [0.2, 0.25) is 10.3 Å². The summed E-state index contributed by atoms with van der Waals surface area (Å²) in [6.45, 7) is 1.95. The zero-order valence-corrected chi connectivity index (χ0v) is 11.3. The maximum Gasteiger partial charge on any atom is 0.234 e. The number of hydrogen-bond acceptors (Lipinski definition) is 4. The topological polar surface area (TPSA) is 63.7 Å². The van der Waals surface area contributed by atoms with Crippen molar-refractivity contribution in [3.63, 3.8) is 0 Å². The third kappa shape index (κ3) is 2.34. The predicted octanol–water partition coefficient (Wildman–Crippen LogP) is 3.76. The Hall–Kier alpha value is -1.85. The minimum atomic E-state index is 0.0787. The van der Waals surface area contributed by atoms with Crippen molar-refractivity contribution in [1.82, 2.24) is 20.2 Å². The normalized spacial score (nSPS) is 10.9. The van der Waals surface area contributed by atoms with Gasteiger partial charge in [-0.15, -0.1) is 0 Å². The van der Waals surface area contributed by atoms with Crippen LogP contribution >= 0.6 is 23.2 Å². The molecule has 1 aromatic carbocycles. The lowest BCUT2D eigenvalue weighted by atomic mass is 10.2. The van der Waals surface area contributed by atoms with Gasteiger partial charge in [0.25, 0.3) is 0 Å². The van der Waals surface area contributed by atoms with Crippen LogP contribution in [0.15, 0.2) is 24.4 Å². The van der Waals surface area contributed by atoms with Crippen molar-refractivity contribution in [2.45, 2.75) is 6.92 Å². The van der Waals surface area contributed by atoms with Gasteiger partial charge < -0.3 is 4.74 Å². The van der Waals surface area contributed by atoms with E-state index in [1.807, 2.05) is 19.1 Å². The molecule has 0 aliphatic heterocycles. The first-order valence-corrected chi connectivity index (χ1v) is 6.20.